The summed E-state index contributed by atoms with van der Waals surface area (Å²) in [6.45, 7) is 8.80. The van der Waals surface area contributed by atoms with Crippen LogP contribution >= 0.6 is 0 Å². The number of fused-ring (bicyclic) bond motifs is 3. The number of esters is 2. The van der Waals surface area contributed by atoms with E-state index in [1.54, 1.807) is 46.8 Å². The molecule has 1 aliphatic carbocycles. The smallest absolute Gasteiger partial charge is 0.412 e. The molecule has 1 fully saturated rings. The molecule has 8 heteroatoms. The summed E-state index contributed by atoms with van der Waals surface area (Å²) in [4.78, 5) is 36.2. The van der Waals surface area contributed by atoms with Crippen LogP contribution in [0.5, 0.6) is 0 Å². The van der Waals surface area contributed by atoms with Gasteiger partial charge in [-0.25, -0.2) is 14.4 Å². The number of hydrogen-bond donors (Lipinski definition) is 1. The van der Waals surface area contributed by atoms with Gasteiger partial charge in [0.15, 0.2) is 0 Å². The molecular weight excluding hydrogens is 402 g/mol. The van der Waals surface area contributed by atoms with Crippen molar-refractivity contribution in [2.45, 2.75) is 59.0 Å². The quantitative estimate of drug-likeness (QED) is 0.338. The van der Waals surface area contributed by atoms with Gasteiger partial charge in [0, 0.05) is 22.8 Å². The SMILES string of the molecule is CC1=C(C)[C@H](O/C=C2/C(=O)O[C@H]3c4cc(NC(=O)OC(C)(C)C)ccc4C[C@@H]23)OC1=O. The number of rotatable bonds is 3. The molecular formula is C23H25NO7. The molecule has 31 heavy (non-hydrogen) atoms. The number of ether oxygens (including phenoxy) is 4. The molecule has 3 aliphatic rings. The molecule has 4 rings (SSSR count). The van der Waals surface area contributed by atoms with Crippen molar-refractivity contribution in [3.05, 3.63) is 52.3 Å². The third-order valence-electron chi connectivity index (χ3n) is 5.56. The Bertz CT molecular complexity index is 1030. The third-order valence-corrected chi connectivity index (χ3v) is 5.56. The maximum atomic E-state index is 12.5. The average Bonchev–Trinajstić information content (AvgIpc) is 3.24. The second-order valence-corrected chi connectivity index (χ2v) is 8.93. The standard InChI is InChI=1S/C23H25NO7/c1-11-12(2)21(30-19(11)25)28-10-17-16-8-13-6-7-14(24-22(27)31-23(3,4)5)9-15(13)18(16)29-20(17)26/h6-7,9-10,16,18,21H,8H2,1-5H3,(H,24,27)/b17-10+/t16-,18-,21+/m0/s1. The van der Waals surface area contributed by atoms with Gasteiger partial charge in [0.1, 0.15) is 11.7 Å². The maximum Gasteiger partial charge on any atom is 0.412 e. The molecule has 0 aromatic heterocycles. The van der Waals surface area contributed by atoms with E-state index in [9.17, 15) is 14.4 Å². The summed E-state index contributed by atoms with van der Waals surface area (Å²) < 4.78 is 21.6. The van der Waals surface area contributed by atoms with Gasteiger partial charge >= 0.3 is 18.0 Å². The zero-order valence-electron chi connectivity index (χ0n) is 18.1. The van der Waals surface area contributed by atoms with Crippen molar-refractivity contribution in [3.8, 4) is 0 Å². The van der Waals surface area contributed by atoms with Crippen molar-refractivity contribution < 1.29 is 33.3 Å². The molecule has 0 bridgehead atoms. The molecule has 0 unspecified atom stereocenters. The van der Waals surface area contributed by atoms with Gasteiger partial charge in [-0.3, -0.25) is 5.32 Å². The minimum atomic E-state index is -0.833. The molecule has 1 aromatic carbocycles. The summed E-state index contributed by atoms with van der Waals surface area (Å²) in [6, 6.07) is 5.50. The second-order valence-electron chi connectivity index (χ2n) is 8.93. The monoisotopic (exact) mass is 427 g/mol. The van der Waals surface area contributed by atoms with E-state index in [1.165, 1.54) is 6.26 Å². The predicted octanol–water partition coefficient (Wildman–Crippen LogP) is 3.92. The summed E-state index contributed by atoms with van der Waals surface area (Å²) in [5.41, 5.74) is 3.42. The van der Waals surface area contributed by atoms with E-state index in [2.05, 4.69) is 5.32 Å². The molecule has 1 saturated heterocycles. The van der Waals surface area contributed by atoms with Gasteiger partial charge < -0.3 is 18.9 Å². The van der Waals surface area contributed by atoms with Crippen LogP contribution in [0.25, 0.3) is 0 Å². The Morgan fingerprint density at radius 3 is 2.55 bits per heavy atom. The molecule has 164 valence electrons. The first kappa shape index (κ1) is 21.0. The first-order valence-corrected chi connectivity index (χ1v) is 10.1. The lowest BCUT2D eigenvalue weighted by atomic mass is 9.98. The lowest BCUT2D eigenvalue weighted by molar-refractivity contribution is -0.153. The van der Waals surface area contributed by atoms with Gasteiger partial charge in [0.25, 0.3) is 6.29 Å². The molecule has 0 saturated carbocycles. The van der Waals surface area contributed by atoms with Crippen molar-refractivity contribution in [1.29, 1.82) is 0 Å². The Morgan fingerprint density at radius 1 is 1.16 bits per heavy atom. The van der Waals surface area contributed by atoms with E-state index < -0.39 is 36.0 Å². The zero-order chi connectivity index (χ0) is 22.5. The Balaban J connectivity index is 1.49. The Labute approximate surface area is 180 Å². The number of amides is 1. The van der Waals surface area contributed by atoms with Gasteiger partial charge in [0.2, 0.25) is 0 Å². The largest absolute Gasteiger partial charge is 0.458 e. The fourth-order valence-corrected chi connectivity index (χ4v) is 3.87. The van der Waals surface area contributed by atoms with Crippen molar-refractivity contribution in [3.63, 3.8) is 0 Å². The number of anilines is 1. The number of hydrogen-bond acceptors (Lipinski definition) is 7. The molecule has 1 N–H and O–H groups in total. The van der Waals surface area contributed by atoms with E-state index in [0.717, 1.165) is 11.1 Å². The molecule has 0 spiro atoms. The van der Waals surface area contributed by atoms with Gasteiger partial charge in [-0.1, -0.05) is 6.07 Å². The number of benzene rings is 1. The summed E-state index contributed by atoms with van der Waals surface area (Å²) in [5, 5.41) is 2.71. The van der Waals surface area contributed by atoms with Crippen molar-refractivity contribution in [2.24, 2.45) is 5.92 Å². The highest BCUT2D eigenvalue weighted by atomic mass is 16.7. The molecule has 3 atom stereocenters. The summed E-state index contributed by atoms with van der Waals surface area (Å²) in [6.07, 6.45) is 0.108. The topological polar surface area (TPSA) is 100 Å². The average molecular weight is 427 g/mol. The number of nitrogens with one attached hydrogen (secondary N) is 1. The van der Waals surface area contributed by atoms with Gasteiger partial charge in [-0.2, -0.15) is 0 Å². The van der Waals surface area contributed by atoms with Crippen LogP contribution in [0.2, 0.25) is 0 Å². The first-order valence-electron chi connectivity index (χ1n) is 10.1. The highest BCUT2D eigenvalue weighted by molar-refractivity contribution is 5.93. The van der Waals surface area contributed by atoms with E-state index in [0.29, 0.717) is 28.8 Å². The minimum absolute atomic E-state index is 0.207. The molecule has 8 nitrogen and oxygen atoms in total. The zero-order valence-corrected chi connectivity index (χ0v) is 18.1. The highest BCUT2D eigenvalue weighted by Crippen LogP contribution is 2.48. The van der Waals surface area contributed by atoms with E-state index in [4.69, 9.17) is 18.9 Å². The van der Waals surface area contributed by atoms with Crippen LogP contribution < -0.4 is 5.32 Å². The number of carbonyl (C=O) groups excluding carboxylic acids is 3. The summed E-state index contributed by atoms with van der Waals surface area (Å²) in [5.74, 6) is -1.10. The molecule has 1 amide bonds. The minimum Gasteiger partial charge on any atom is -0.458 e. The lowest BCUT2D eigenvalue weighted by Crippen LogP contribution is -2.27. The number of cyclic esters (lactones) is 1. The predicted molar refractivity (Wildman–Crippen MR) is 110 cm³/mol. The fraction of sp³-hybridized carbons (Fsp3) is 0.435. The van der Waals surface area contributed by atoms with Crippen molar-refractivity contribution in [2.75, 3.05) is 5.32 Å². The normalized spacial score (nSPS) is 25.8. The maximum absolute atomic E-state index is 12.5. The van der Waals surface area contributed by atoms with E-state index in [1.807, 2.05) is 6.07 Å². The molecule has 1 aromatic rings. The van der Waals surface area contributed by atoms with E-state index >= 15 is 0 Å². The van der Waals surface area contributed by atoms with E-state index in [-0.39, 0.29) is 5.92 Å². The Hall–Kier alpha value is -3.29. The summed E-state index contributed by atoms with van der Waals surface area (Å²) in [7, 11) is 0. The summed E-state index contributed by atoms with van der Waals surface area (Å²) >= 11 is 0. The molecule has 2 heterocycles. The van der Waals surface area contributed by atoms with Crippen LogP contribution in [0.1, 0.15) is 51.8 Å². The number of carbonyl (C=O) groups is 3. The van der Waals surface area contributed by atoms with Crippen LogP contribution in [-0.2, 0) is 35.0 Å². The van der Waals surface area contributed by atoms with Crippen LogP contribution in [0.4, 0.5) is 10.5 Å². The lowest BCUT2D eigenvalue weighted by Gasteiger charge is -2.20. The Morgan fingerprint density at radius 2 is 1.90 bits per heavy atom. The van der Waals surface area contributed by atoms with Crippen molar-refractivity contribution in [1.82, 2.24) is 0 Å². The van der Waals surface area contributed by atoms with Crippen LogP contribution in [0.15, 0.2) is 41.2 Å². The Kier molecular flexibility index (Phi) is 5.03. The van der Waals surface area contributed by atoms with Crippen molar-refractivity contribution >= 4 is 23.7 Å². The van der Waals surface area contributed by atoms with Gasteiger partial charge in [-0.05, 0) is 64.3 Å². The van der Waals surface area contributed by atoms with Crippen LogP contribution in [-0.4, -0.2) is 29.9 Å². The highest BCUT2D eigenvalue weighted by Gasteiger charge is 2.47. The fourth-order valence-electron chi connectivity index (χ4n) is 3.87. The first-order chi connectivity index (χ1) is 14.5. The third kappa shape index (κ3) is 4.02. The van der Waals surface area contributed by atoms with Gasteiger partial charge in [-0.15, -0.1) is 0 Å². The van der Waals surface area contributed by atoms with Gasteiger partial charge in [0.05, 0.1) is 11.8 Å². The van der Waals surface area contributed by atoms with Crippen LogP contribution in [0.3, 0.4) is 0 Å². The molecule has 2 aliphatic heterocycles. The van der Waals surface area contributed by atoms with Crippen LogP contribution in [0, 0.1) is 5.92 Å². The second kappa shape index (κ2) is 7.44. The molecule has 0 radical (unpaired) electrons.